The molecule has 1 aromatic heterocycles. The zero-order valence-electron chi connectivity index (χ0n) is 12.2. The predicted octanol–water partition coefficient (Wildman–Crippen LogP) is 0.678. The summed E-state index contributed by atoms with van der Waals surface area (Å²) in [4.78, 5) is 1.38. The van der Waals surface area contributed by atoms with E-state index >= 15 is 0 Å². The summed E-state index contributed by atoms with van der Waals surface area (Å²) >= 11 is 0. The molecule has 0 radical (unpaired) electrons. The topological polar surface area (TPSA) is 58.4 Å². The second kappa shape index (κ2) is 4.51. The van der Waals surface area contributed by atoms with Crippen molar-refractivity contribution < 1.29 is 18.4 Å². The third-order valence-corrected chi connectivity index (χ3v) is 4.32. The van der Waals surface area contributed by atoms with E-state index in [1.54, 1.807) is 0 Å². The molecule has 2 fully saturated rings. The first-order chi connectivity index (χ1) is 9.30. The van der Waals surface area contributed by atoms with Crippen LogP contribution in [0.5, 0.6) is 0 Å². The molecule has 6 nitrogen and oxygen atoms in total. The molecule has 110 valence electrons. The largest absolute Gasteiger partial charge is 0.521 e. The molecule has 1 atom stereocenters. The average Bonchev–Trinajstić information content (AvgIpc) is 2.98. The maximum Gasteiger partial charge on any atom is 0.521 e. The maximum atomic E-state index is 14.0. The van der Waals surface area contributed by atoms with Gasteiger partial charge in [-0.2, -0.15) is 14.3 Å². The van der Waals surface area contributed by atoms with Crippen molar-refractivity contribution >= 4 is 12.7 Å². The summed E-state index contributed by atoms with van der Waals surface area (Å²) in [6, 6.07) is -0.0133. The van der Waals surface area contributed by atoms with Crippen LogP contribution in [0.4, 0.5) is 4.39 Å². The van der Waals surface area contributed by atoms with Crippen LogP contribution in [0.25, 0.3) is 0 Å². The molecular formula is C12H19BFN3O3. The normalized spacial score (nSPS) is 28.2. The number of rotatable bonds is 2. The van der Waals surface area contributed by atoms with Gasteiger partial charge in [-0.05, 0) is 34.1 Å². The molecular weight excluding hydrogens is 264 g/mol. The van der Waals surface area contributed by atoms with Crippen LogP contribution in [-0.2, 0) is 14.0 Å². The molecule has 0 N–H and O–H groups in total. The maximum absolute atomic E-state index is 14.0. The molecule has 1 unspecified atom stereocenters. The van der Waals surface area contributed by atoms with Crippen LogP contribution >= 0.6 is 0 Å². The lowest BCUT2D eigenvalue weighted by molar-refractivity contribution is 0.00578. The Morgan fingerprint density at radius 2 is 1.85 bits per heavy atom. The molecule has 20 heavy (non-hydrogen) atoms. The van der Waals surface area contributed by atoms with Gasteiger partial charge in [-0.15, -0.1) is 5.10 Å². The van der Waals surface area contributed by atoms with Gasteiger partial charge >= 0.3 is 7.12 Å². The number of hydrogen-bond acceptors (Lipinski definition) is 5. The molecule has 0 aromatic carbocycles. The third kappa shape index (κ3) is 2.15. The molecule has 0 aliphatic carbocycles. The first kappa shape index (κ1) is 14.0. The highest BCUT2D eigenvalue weighted by atomic mass is 19.1. The highest BCUT2D eigenvalue weighted by Crippen LogP contribution is 2.36. The molecule has 2 saturated heterocycles. The second-order valence-electron chi connectivity index (χ2n) is 6.30. The molecule has 0 saturated carbocycles. The van der Waals surface area contributed by atoms with Gasteiger partial charge in [-0.25, -0.2) is 0 Å². The van der Waals surface area contributed by atoms with Crippen molar-refractivity contribution in [1.82, 2.24) is 15.0 Å². The van der Waals surface area contributed by atoms with Gasteiger partial charge in [0.2, 0.25) is 0 Å². The van der Waals surface area contributed by atoms with Crippen LogP contribution in [0.1, 0.15) is 40.2 Å². The molecule has 2 aliphatic rings. The van der Waals surface area contributed by atoms with Crippen LogP contribution in [0, 0.1) is 5.95 Å². The highest BCUT2D eigenvalue weighted by molar-refractivity contribution is 6.61. The van der Waals surface area contributed by atoms with E-state index in [1.165, 1.54) is 4.80 Å². The zero-order chi connectivity index (χ0) is 14.5. The lowest BCUT2D eigenvalue weighted by atomic mass is 9.85. The Hall–Kier alpha value is -0.985. The Kier molecular flexibility index (Phi) is 3.15. The number of hydrogen-bond donors (Lipinski definition) is 0. The van der Waals surface area contributed by atoms with Crippen LogP contribution in [0.2, 0.25) is 0 Å². The summed E-state index contributed by atoms with van der Waals surface area (Å²) in [6.07, 6.45) is 0.789. The summed E-state index contributed by atoms with van der Waals surface area (Å²) in [5.74, 6) is -0.643. The van der Waals surface area contributed by atoms with Gasteiger partial charge in [-0.3, -0.25) is 0 Å². The molecule has 2 aliphatic heterocycles. The highest BCUT2D eigenvalue weighted by Gasteiger charge is 2.54. The fourth-order valence-corrected chi connectivity index (χ4v) is 2.28. The van der Waals surface area contributed by atoms with Crippen molar-refractivity contribution in [3.63, 3.8) is 0 Å². The summed E-state index contributed by atoms with van der Waals surface area (Å²) in [7, 11) is -0.823. The zero-order valence-corrected chi connectivity index (χ0v) is 12.2. The quantitative estimate of drug-likeness (QED) is 0.747. The van der Waals surface area contributed by atoms with Crippen molar-refractivity contribution in [3.8, 4) is 0 Å². The molecule has 0 bridgehead atoms. The summed E-state index contributed by atoms with van der Waals surface area (Å²) in [6.45, 7) is 8.83. The number of halogens is 1. The van der Waals surface area contributed by atoms with E-state index in [-0.39, 0.29) is 11.6 Å². The Morgan fingerprint density at radius 3 is 2.40 bits per heavy atom. The Morgan fingerprint density at radius 1 is 1.20 bits per heavy atom. The van der Waals surface area contributed by atoms with Crippen LogP contribution in [-0.4, -0.2) is 46.5 Å². The fraction of sp³-hybridized carbons (Fsp3) is 0.833. The van der Waals surface area contributed by atoms with Crippen molar-refractivity contribution in [1.29, 1.82) is 0 Å². The van der Waals surface area contributed by atoms with Gasteiger partial charge in [0.1, 0.15) is 0 Å². The number of aromatic nitrogens is 3. The lowest BCUT2D eigenvalue weighted by Crippen LogP contribution is -2.41. The van der Waals surface area contributed by atoms with Crippen LogP contribution in [0.3, 0.4) is 0 Å². The van der Waals surface area contributed by atoms with Crippen LogP contribution in [0.15, 0.2) is 0 Å². The molecule has 3 heterocycles. The smallest absolute Gasteiger partial charge is 0.398 e. The minimum absolute atomic E-state index is 0.0133. The van der Waals surface area contributed by atoms with E-state index in [1.807, 2.05) is 27.7 Å². The van der Waals surface area contributed by atoms with Crippen LogP contribution < -0.4 is 5.59 Å². The van der Waals surface area contributed by atoms with E-state index in [0.29, 0.717) is 13.2 Å². The van der Waals surface area contributed by atoms with E-state index in [9.17, 15) is 4.39 Å². The molecule has 0 amide bonds. The van der Waals surface area contributed by atoms with Crippen molar-refractivity contribution in [2.75, 3.05) is 13.2 Å². The van der Waals surface area contributed by atoms with E-state index in [2.05, 4.69) is 10.2 Å². The summed E-state index contributed by atoms with van der Waals surface area (Å²) in [5, 5.41) is 8.04. The number of ether oxygens (including phenoxy) is 1. The standard InChI is InChI=1S/C12H19BFN3O3/c1-11(2)12(3,4)20-13(19-11)9-10(14)16-17(15-9)8-5-6-18-7-8/h8H,5-7H2,1-4H3. The summed E-state index contributed by atoms with van der Waals surface area (Å²) < 4.78 is 30.9. The minimum Gasteiger partial charge on any atom is -0.398 e. The van der Waals surface area contributed by atoms with Gasteiger partial charge in [0.15, 0.2) is 5.59 Å². The van der Waals surface area contributed by atoms with E-state index in [0.717, 1.165) is 6.42 Å². The van der Waals surface area contributed by atoms with E-state index in [4.69, 9.17) is 14.0 Å². The first-order valence-electron chi connectivity index (χ1n) is 6.86. The molecule has 3 rings (SSSR count). The van der Waals surface area contributed by atoms with Gasteiger partial charge in [0, 0.05) is 6.61 Å². The molecule has 8 heteroatoms. The number of nitrogens with zero attached hydrogens (tertiary/aromatic N) is 3. The van der Waals surface area contributed by atoms with Crippen molar-refractivity contribution in [2.24, 2.45) is 0 Å². The van der Waals surface area contributed by atoms with Gasteiger partial charge in [-0.1, -0.05) is 0 Å². The lowest BCUT2D eigenvalue weighted by Gasteiger charge is -2.32. The van der Waals surface area contributed by atoms with E-state index < -0.39 is 24.3 Å². The Labute approximate surface area is 117 Å². The van der Waals surface area contributed by atoms with Gasteiger partial charge < -0.3 is 14.0 Å². The fourth-order valence-electron chi connectivity index (χ4n) is 2.28. The third-order valence-electron chi connectivity index (χ3n) is 4.32. The first-order valence-corrected chi connectivity index (χ1v) is 6.86. The van der Waals surface area contributed by atoms with Crippen molar-refractivity contribution in [3.05, 3.63) is 5.95 Å². The Balaban J connectivity index is 1.85. The Bertz CT molecular complexity index is 498. The SMILES string of the molecule is CC1(C)OB(c2nn(C3CCOC3)nc2F)OC1(C)C. The predicted molar refractivity (Wildman–Crippen MR) is 70.2 cm³/mol. The van der Waals surface area contributed by atoms with Crippen molar-refractivity contribution in [2.45, 2.75) is 51.4 Å². The second-order valence-corrected chi connectivity index (χ2v) is 6.30. The average molecular weight is 283 g/mol. The monoisotopic (exact) mass is 283 g/mol. The van der Waals surface area contributed by atoms with Gasteiger partial charge in [0.25, 0.3) is 5.95 Å². The molecule has 1 aromatic rings. The minimum atomic E-state index is -0.823. The molecule has 0 spiro atoms. The van der Waals surface area contributed by atoms with Gasteiger partial charge in [0.05, 0.1) is 23.9 Å². The summed E-state index contributed by atoms with van der Waals surface area (Å²) in [5.41, 5.74) is -0.940.